The molecule has 0 radical (unpaired) electrons. The van der Waals surface area contributed by atoms with Crippen LogP contribution in [0.3, 0.4) is 0 Å². The van der Waals surface area contributed by atoms with E-state index in [2.05, 4.69) is 21.2 Å². The number of rotatable bonds is 4. The fourth-order valence-corrected chi connectivity index (χ4v) is 0.827. The molecule has 0 heterocycles. The molecule has 1 N–H and O–H groups in total. The van der Waals surface area contributed by atoms with Crippen molar-refractivity contribution < 1.29 is 36.6 Å². The molecule has 0 fully saturated rings. The van der Waals surface area contributed by atoms with E-state index in [9.17, 15) is 13.2 Å². The van der Waals surface area contributed by atoms with Gasteiger partial charge in [0, 0.05) is 5.33 Å². The molecule has 0 aromatic carbocycles. The summed E-state index contributed by atoms with van der Waals surface area (Å²) in [6, 6.07) is 0. The van der Waals surface area contributed by atoms with Crippen molar-refractivity contribution in [3.05, 3.63) is 5.32 Å². The molecule has 0 aliphatic heterocycles. The van der Waals surface area contributed by atoms with E-state index in [-0.39, 0.29) is 30.7 Å². The summed E-state index contributed by atoms with van der Waals surface area (Å²) < 4.78 is 28.3. The maximum atomic E-state index is 10.4. The average Bonchev–Trinajstić information content (AvgIpc) is 1.85. The second kappa shape index (κ2) is 6.92. The standard InChI is InChI=1S/C4H8BrNO4S.Li/c5-3-4(7)6-1-2-11(8,9)10;/h1-3H2,(H2,6,7,8,9,10);/q;+1/p-1. The Morgan fingerprint density at radius 2 is 2.00 bits per heavy atom. The summed E-state index contributed by atoms with van der Waals surface area (Å²) in [7, 11) is -3.99. The maximum Gasteiger partial charge on any atom is 1.00 e. The van der Waals surface area contributed by atoms with Crippen LogP contribution in [0.1, 0.15) is 0 Å². The van der Waals surface area contributed by atoms with Crippen LogP contribution in [-0.2, 0) is 14.9 Å². The first kappa shape index (κ1) is 15.0. The molecule has 5 nitrogen and oxygen atoms in total. The van der Waals surface area contributed by atoms with Gasteiger partial charge in [0.2, 0.25) is 0 Å². The van der Waals surface area contributed by atoms with E-state index in [1.54, 1.807) is 0 Å². The molecular weight excluding hydrogens is 245 g/mol. The van der Waals surface area contributed by atoms with Crippen LogP contribution in [0.5, 0.6) is 0 Å². The third-order valence-electron chi connectivity index (χ3n) is 0.752. The summed E-state index contributed by atoms with van der Waals surface area (Å²) in [6.45, 7) is -0.191. The van der Waals surface area contributed by atoms with Crippen molar-refractivity contribution in [1.29, 1.82) is 0 Å². The molecule has 8 heteroatoms. The molecule has 1 amide bonds. The van der Waals surface area contributed by atoms with Gasteiger partial charge < -0.3 is 10.1 Å². The van der Waals surface area contributed by atoms with Gasteiger partial charge in [0.1, 0.15) is 0 Å². The quantitative estimate of drug-likeness (QED) is 0.332. The Hall–Kier alpha value is 0.457. The zero-order chi connectivity index (χ0) is 8.91. The van der Waals surface area contributed by atoms with Gasteiger partial charge in [-0.1, -0.05) is 15.9 Å². The molecule has 0 unspecified atom stereocenters. The number of amides is 1. The van der Waals surface area contributed by atoms with Crippen LogP contribution in [0.2, 0.25) is 0 Å². The largest absolute Gasteiger partial charge is 1.00 e. The van der Waals surface area contributed by atoms with Gasteiger partial charge in [-0.3, -0.25) is 4.55 Å². The fraction of sp³-hybridized carbons (Fsp3) is 0.750. The number of alkyl halides is 1. The number of halogens is 1. The average molecular weight is 252 g/mol. The first-order valence-corrected chi connectivity index (χ1v) is 5.40. The molecule has 12 heavy (non-hydrogen) atoms. The van der Waals surface area contributed by atoms with Gasteiger partial charge in [-0.05, 0) is 0 Å². The van der Waals surface area contributed by atoms with Crippen molar-refractivity contribution >= 4 is 32.0 Å². The molecule has 0 aliphatic carbocycles. The van der Waals surface area contributed by atoms with E-state index in [0.29, 0.717) is 0 Å². The zero-order valence-corrected chi connectivity index (χ0v) is 8.93. The molecule has 0 aromatic heterocycles. The normalized spacial score (nSPS) is 10.2. The molecule has 66 valence electrons. The van der Waals surface area contributed by atoms with Gasteiger partial charge in [0.25, 0.3) is 10.1 Å². The van der Waals surface area contributed by atoms with E-state index in [0.717, 1.165) is 0 Å². The van der Waals surface area contributed by atoms with Crippen molar-refractivity contribution in [1.82, 2.24) is 0 Å². The smallest absolute Gasteiger partial charge is 0.652 e. The number of carbonyl (C=O) groups excluding carboxylic acids is 1. The zero-order valence-electron chi connectivity index (χ0n) is 6.53. The molecule has 0 aliphatic rings. The van der Waals surface area contributed by atoms with Crippen LogP contribution < -0.4 is 18.9 Å². The van der Waals surface area contributed by atoms with Gasteiger partial charge in [-0.2, -0.15) is 8.42 Å². The van der Waals surface area contributed by atoms with E-state index < -0.39 is 21.8 Å². The molecule has 0 saturated carbocycles. The molecule has 0 bridgehead atoms. The molecule has 0 aromatic rings. The Morgan fingerprint density at radius 1 is 1.50 bits per heavy atom. The number of nitrogens with zero attached hydrogens (tertiary/aromatic N) is 1. The van der Waals surface area contributed by atoms with E-state index in [1.165, 1.54) is 0 Å². The first-order valence-electron chi connectivity index (χ1n) is 2.67. The minimum Gasteiger partial charge on any atom is -0.652 e. The fourth-order valence-electron chi connectivity index (χ4n) is 0.328. The maximum absolute atomic E-state index is 10.4. The number of carbonyl (C=O) groups is 1. The van der Waals surface area contributed by atoms with E-state index in [1.807, 2.05) is 0 Å². The molecule has 0 atom stereocenters. The Kier molecular flexibility index (Phi) is 8.62. The summed E-state index contributed by atoms with van der Waals surface area (Å²) in [6.07, 6.45) is 0. The van der Waals surface area contributed by atoms with Crippen LogP contribution >= 0.6 is 15.9 Å². The second-order valence-electron chi connectivity index (χ2n) is 1.70. The van der Waals surface area contributed by atoms with Gasteiger partial charge in [-0.25, -0.2) is 0 Å². The SMILES string of the molecule is O=C(CBr)[N-]CCS(=O)(=O)O.[Li+]. The predicted octanol–water partition coefficient (Wildman–Crippen LogP) is -2.83. The van der Waals surface area contributed by atoms with Crippen LogP contribution in [0.25, 0.3) is 5.32 Å². The summed E-state index contributed by atoms with van der Waals surface area (Å²) in [5.74, 6) is -0.945. The van der Waals surface area contributed by atoms with Crippen LogP contribution in [0.15, 0.2) is 0 Å². The Morgan fingerprint density at radius 3 is 2.33 bits per heavy atom. The van der Waals surface area contributed by atoms with E-state index >= 15 is 0 Å². The van der Waals surface area contributed by atoms with Gasteiger partial charge in [0.15, 0.2) is 0 Å². The van der Waals surface area contributed by atoms with Gasteiger partial charge >= 0.3 is 18.9 Å². The molecule has 0 rings (SSSR count). The van der Waals surface area contributed by atoms with Crippen LogP contribution in [-0.4, -0.2) is 36.5 Å². The second-order valence-corrected chi connectivity index (χ2v) is 3.83. The minimum absolute atomic E-state index is 0. The van der Waals surface area contributed by atoms with Crippen LogP contribution in [0, 0.1) is 0 Å². The van der Waals surface area contributed by atoms with Gasteiger partial charge in [0.05, 0.1) is 11.7 Å². The Bertz CT molecular complexity index is 229. The van der Waals surface area contributed by atoms with Crippen LogP contribution in [0.4, 0.5) is 0 Å². The summed E-state index contributed by atoms with van der Waals surface area (Å²) in [4.78, 5) is 10.4. The Labute approximate surface area is 91.3 Å². The summed E-state index contributed by atoms with van der Waals surface area (Å²) in [5, 5.41) is 3.37. The van der Waals surface area contributed by atoms with Gasteiger partial charge in [-0.15, -0.1) is 6.54 Å². The van der Waals surface area contributed by atoms with Crippen molar-refractivity contribution in [2.24, 2.45) is 0 Å². The molecule has 0 saturated heterocycles. The molecular formula is C4H7BrLiNO4S. The monoisotopic (exact) mass is 251 g/mol. The number of hydrogen-bond acceptors (Lipinski definition) is 3. The minimum atomic E-state index is -3.99. The molecule has 0 spiro atoms. The van der Waals surface area contributed by atoms with Crippen molar-refractivity contribution in [2.75, 3.05) is 17.6 Å². The Balaban J connectivity index is 0. The predicted molar refractivity (Wildman–Crippen MR) is 43.4 cm³/mol. The number of hydrogen-bond donors (Lipinski definition) is 1. The van der Waals surface area contributed by atoms with Crippen molar-refractivity contribution in [3.63, 3.8) is 0 Å². The summed E-state index contributed by atoms with van der Waals surface area (Å²) >= 11 is 2.84. The third-order valence-corrected chi connectivity index (χ3v) is 1.93. The van der Waals surface area contributed by atoms with Crippen molar-refractivity contribution in [2.45, 2.75) is 0 Å². The topological polar surface area (TPSA) is 85.5 Å². The summed E-state index contributed by atoms with van der Waals surface area (Å²) in [5.41, 5.74) is 0. The van der Waals surface area contributed by atoms with E-state index in [4.69, 9.17) is 4.55 Å². The van der Waals surface area contributed by atoms with Crippen molar-refractivity contribution in [3.8, 4) is 0 Å². The first-order chi connectivity index (χ1) is 4.95. The third kappa shape index (κ3) is 10.5.